The fourth-order valence-corrected chi connectivity index (χ4v) is 2.67. The van der Waals surface area contributed by atoms with E-state index in [-0.39, 0.29) is 22.3 Å². The predicted octanol–water partition coefficient (Wildman–Crippen LogP) is 3.01. The SMILES string of the molecule is CN1C(=S)N(c2ccc(C#N)c(C(C)(F)F)c2)C(=O)C1(C)C. The van der Waals surface area contributed by atoms with Crippen LogP contribution < -0.4 is 4.90 Å². The van der Waals surface area contributed by atoms with Crippen molar-refractivity contribution in [3.05, 3.63) is 29.3 Å². The zero-order valence-corrected chi connectivity index (χ0v) is 13.5. The van der Waals surface area contributed by atoms with Crippen LogP contribution in [0.2, 0.25) is 0 Å². The summed E-state index contributed by atoms with van der Waals surface area (Å²) < 4.78 is 27.4. The molecule has 1 aromatic rings. The topological polar surface area (TPSA) is 47.3 Å². The molecule has 0 aliphatic carbocycles. The fraction of sp³-hybridized carbons (Fsp3) is 0.400. The van der Waals surface area contributed by atoms with Crippen LogP contribution in [-0.4, -0.2) is 28.5 Å². The molecule has 0 unspecified atom stereocenters. The number of benzene rings is 1. The Morgan fingerprint density at radius 3 is 2.36 bits per heavy atom. The van der Waals surface area contributed by atoms with Crippen molar-refractivity contribution in [1.29, 1.82) is 5.26 Å². The van der Waals surface area contributed by atoms with E-state index in [1.54, 1.807) is 31.9 Å². The average Bonchev–Trinajstić information content (AvgIpc) is 2.58. The van der Waals surface area contributed by atoms with Gasteiger partial charge in [0, 0.05) is 19.5 Å². The van der Waals surface area contributed by atoms with Crippen LogP contribution in [0.1, 0.15) is 31.9 Å². The van der Waals surface area contributed by atoms with Crippen molar-refractivity contribution in [2.45, 2.75) is 32.2 Å². The largest absolute Gasteiger partial charge is 0.337 e. The number of nitriles is 1. The van der Waals surface area contributed by atoms with E-state index in [9.17, 15) is 13.6 Å². The Morgan fingerprint density at radius 2 is 1.95 bits per heavy atom. The highest BCUT2D eigenvalue weighted by molar-refractivity contribution is 7.80. The van der Waals surface area contributed by atoms with Crippen molar-refractivity contribution in [1.82, 2.24) is 4.90 Å². The number of amides is 1. The second kappa shape index (κ2) is 4.99. The van der Waals surface area contributed by atoms with Crippen LogP contribution in [0.5, 0.6) is 0 Å². The number of hydrogen-bond donors (Lipinski definition) is 0. The first-order valence-electron chi connectivity index (χ1n) is 6.56. The van der Waals surface area contributed by atoms with Crippen LogP contribution in [-0.2, 0) is 10.7 Å². The van der Waals surface area contributed by atoms with E-state index in [4.69, 9.17) is 17.5 Å². The van der Waals surface area contributed by atoms with E-state index in [1.807, 2.05) is 0 Å². The summed E-state index contributed by atoms with van der Waals surface area (Å²) in [6.45, 7) is 4.13. The molecule has 0 bridgehead atoms. The lowest BCUT2D eigenvalue weighted by atomic mass is 10.0. The van der Waals surface area contributed by atoms with Crippen LogP contribution in [0.3, 0.4) is 0 Å². The summed E-state index contributed by atoms with van der Waals surface area (Å²) in [6, 6.07) is 5.62. The maximum Gasteiger partial charge on any atom is 0.271 e. The van der Waals surface area contributed by atoms with Gasteiger partial charge in [0.05, 0.1) is 17.3 Å². The Kier molecular flexibility index (Phi) is 3.70. The van der Waals surface area contributed by atoms with Crippen LogP contribution >= 0.6 is 12.2 Å². The number of anilines is 1. The second-order valence-corrected chi connectivity index (χ2v) is 6.14. The fourth-order valence-electron chi connectivity index (χ4n) is 2.25. The third-order valence-electron chi connectivity index (χ3n) is 3.90. The maximum atomic E-state index is 13.7. The number of halogens is 2. The van der Waals surface area contributed by atoms with Gasteiger partial charge in [0.25, 0.3) is 11.8 Å². The first kappa shape index (κ1) is 16.3. The van der Waals surface area contributed by atoms with Gasteiger partial charge in [0.2, 0.25) is 0 Å². The van der Waals surface area contributed by atoms with Crippen LogP contribution in [0.15, 0.2) is 18.2 Å². The van der Waals surface area contributed by atoms with E-state index in [0.29, 0.717) is 6.92 Å². The van der Waals surface area contributed by atoms with Gasteiger partial charge in [-0.15, -0.1) is 0 Å². The van der Waals surface area contributed by atoms with Gasteiger partial charge in [-0.1, -0.05) is 0 Å². The Hall–Kier alpha value is -2.07. The summed E-state index contributed by atoms with van der Waals surface area (Å²) in [4.78, 5) is 15.4. The number of carbonyl (C=O) groups is 1. The highest BCUT2D eigenvalue weighted by atomic mass is 32.1. The van der Waals surface area contributed by atoms with Crippen molar-refractivity contribution in [3.8, 4) is 6.07 Å². The molecule has 1 aliphatic rings. The number of likely N-dealkylation sites (N-methyl/N-ethyl adjacent to an activating group) is 1. The minimum Gasteiger partial charge on any atom is -0.337 e. The molecule has 1 amide bonds. The van der Waals surface area contributed by atoms with Gasteiger partial charge in [-0.25, -0.2) is 8.78 Å². The molecule has 116 valence electrons. The lowest BCUT2D eigenvalue weighted by molar-refractivity contribution is -0.123. The van der Waals surface area contributed by atoms with Crippen LogP contribution in [0, 0.1) is 11.3 Å². The molecule has 4 nitrogen and oxygen atoms in total. The Bertz CT molecular complexity index is 704. The maximum absolute atomic E-state index is 13.7. The standard InChI is InChI=1S/C15H15F2N3OS/c1-14(2)12(21)20(13(22)19(14)4)10-6-5-9(8-18)11(7-10)15(3,16)17/h5-7H,1-4H3. The van der Waals surface area contributed by atoms with Crippen molar-refractivity contribution < 1.29 is 13.6 Å². The van der Waals surface area contributed by atoms with Crippen molar-refractivity contribution in [3.63, 3.8) is 0 Å². The van der Waals surface area contributed by atoms with E-state index >= 15 is 0 Å². The summed E-state index contributed by atoms with van der Waals surface area (Å²) in [5.74, 6) is -3.48. The minimum atomic E-state index is -3.19. The molecule has 1 aliphatic heterocycles. The van der Waals surface area contributed by atoms with Gasteiger partial charge >= 0.3 is 0 Å². The Labute approximate surface area is 132 Å². The van der Waals surface area contributed by atoms with Gasteiger partial charge in [0.1, 0.15) is 5.54 Å². The molecule has 0 N–H and O–H groups in total. The predicted molar refractivity (Wildman–Crippen MR) is 82.7 cm³/mol. The van der Waals surface area contributed by atoms with Crippen molar-refractivity contribution in [2.75, 3.05) is 11.9 Å². The molecule has 1 heterocycles. The molecule has 1 aromatic carbocycles. The highest BCUT2D eigenvalue weighted by Gasteiger charge is 2.47. The molecule has 0 radical (unpaired) electrons. The normalized spacial score (nSPS) is 17.9. The van der Waals surface area contributed by atoms with Gasteiger partial charge < -0.3 is 4.90 Å². The number of thiocarbonyl (C=S) groups is 1. The number of carbonyl (C=O) groups excluding carboxylic acids is 1. The average molecular weight is 323 g/mol. The third kappa shape index (κ3) is 2.33. The summed E-state index contributed by atoms with van der Waals surface area (Å²) in [5.41, 5.74) is -1.15. The van der Waals surface area contributed by atoms with Crippen molar-refractivity contribution >= 4 is 28.9 Å². The molecule has 1 saturated heterocycles. The molecular formula is C15H15F2N3OS. The molecule has 7 heteroatoms. The van der Waals surface area contributed by atoms with Gasteiger partial charge in [-0.3, -0.25) is 9.69 Å². The molecule has 0 saturated carbocycles. The van der Waals surface area contributed by atoms with Crippen LogP contribution in [0.25, 0.3) is 0 Å². The lowest BCUT2D eigenvalue weighted by Gasteiger charge is -2.24. The zero-order valence-electron chi connectivity index (χ0n) is 12.6. The van der Waals surface area contributed by atoms with Crippen LogP contribution in [0.4, 0.5) is 14.5 Å². The van der Waals surface area contributed by atoms with E-state index in [0.717, 1.165) is 6.07 Å². The van der Waals surface area contributed by atoms with Gasteiger partial charge in [0.15, 0.2) is 5.11 Å². The summed E-state index contributed by atoms with van der Waals surface area (Å²) in [5, 5.41) is 9.21. The van der Waals surface area contributed by atoms with Gasteiger partial charge in [-0.05, 0) is 44.3 Å². The number of hydrogen-bond acceptors (Lipinski definition) is 3. The monoisotopic (exact) mass is 323 g/mol. The summed E-state index contributed by atoms with van der Waals surface area (Å²) in [6.07, 6.45) is 0. The molecule has 22 heavy (non-hydrogen) atoms. The highest BCUT2D eigenvalue weighted by Crippen LogP contribution is 2.36. The smallest absolute Gasteiger partial charge is 0.271 e. The van der Waals surface area contributed by atoms with Gasteiger partial charge in [-0.2, -0.15) is 5.26 Å². The molecule has 1 fully saturated rings. The molecule has 0 atom stereocenters. The lowest BCUT2D eigenvalue weighted by Crippen LogP contribution is -2.41. The summed E-state index contributed by atoms with van der Waals surface area (Å²) >= 11 is 5.25. The molecule has 0 spiro atoms. The number of nitrogens with zero attached hydrogens (tertiary/aromatic N) is 3. The first-order chi connectivity index (χ1) is 10.0. The number of rotatable bonds is 2. The Morgan fingerprint density at radius 1 is 1.36 bits per heavy atom. The quantitative estimate of drug-likeness (QED) is 0.785. The van der Waals surface area contributed by atoms with E-state index in [1.165, 1.54) is 17.0 Å². The summed E-state index contributed by atoms with van der Waals surface area (Å²) in [7, 11) is 1.68. The number of alkyl halides is 2. The third-order valence-corrected chi connectivity index (χ3v) is 4.35. The molecule has 2 rings (SSSR count). The second-order valence-electron chi connectivity index (χ2n) is 5.77. The minimum absolute atomic E-state index is 0.124. The van der Waals surface area contributed by atoms with E-state index < -0.39 is 17.0 Å². The molecular weight excluding hydrogens is 308 g/mol. The van der Waals surface area contributed by atoms with Crippen molar-refractivity contribution in [2.24, 2.45) is 0 Å². The first-order valence-corrected chi connectivity index (χ1v) is 6.97. The Balaban J connectivity index is 2.58. The van der Waals surface area contributed by atoms with E-state index in [2.05, 4.69) is 0 Å². The molecule has 0 aromatic heterocycles. The zero-order chi connectivity index (χ0) is 16.9.